The minimum Gasteiger partial charge on any atom is -0.491 e. The summed E-state index contributed by atoms with van der Waals surface area (Å²) in [6, 6.07) is 7.54. The van der Waals surface area contributed by atoms with Crippen molar-refractivity contribution in [3.63, 3.8) is 0 Å². The zero-order chi connectivity index (χ0) is 15.3. The zero-order valence-corrected chi connectivity index (χ0v) is 13.4. The predicted molar refractivity (Wildman–Crippen MR) is 86.0 cm³/mol. The van der Waals surface area contributed by atoms with Gasteiger partial charge in [0.05, 0.1) is 6.10 Å². The lowest BCUT2D eigenvalue weighted by molar-refractivity contribution is 0.0915. The van der Waals surface area contributed by atoms with E-state index in [9.17, 15) is 4.79 Å². The zero-order valence-electron chi connectivity index (χ0n) is 13.4. The smallest absolute Gasteiger partial charge is 0.164 e. The lowest BCUT2D eigenvalue weighted by Gasteiger charge is -2.36. The van der Waals surface area contributed by atoms with Gasteiger partial charge in [0.25, 0.3) is 0 Å². The predicted octanol–water partition coefficient (Wildman–Crippen LogP) is 3.97. The molecule has 0 radical (unpaired) electrons. The van der Waals surface area contributed by atoms with Crippen molar-refractivity contribution in [1.29, 1.82) is 0 Å². The second-order valence-corrected chi connectivity index (χ2v) is 6.38. The van der Waals surface area contributed by atoms with E-state index in [-0.39, 0.29) is 17.4 Å². The Bertz CT molecular complexity index is 459. The number of Topliss-reactive ketones (excluding diaryl/α,β-unsaturated/α-hetero) is 1. The third kappa shape index (κ3) is 4.31. The van der Waals surface area contributed by atoms with E-state index in [0.717, 1.165) is 24.2 Å². The average molecular weight is 289 g/mol. The van der Waals surface area contributed by atoms with Gasteiger partial charge in [0, 0.05) is 17.5 Å². The maximum atomic E-state index is 12.5. The van der Waals surface area contributed by atoms with E-state index in [1.807, 2.05) is 45.2 Å². The van der Waals surface area contributed by atoms with E-state index >= 15 is 0 Å². The number of nitrogens with one attached hydrogen (secondary N) is 1. The lowest BCUT2D eigenvalue weighted by Crippen LogP contribution is -2.46. The van der Waals surface area contributed by atoms with Gasteiger partial charge in [0.2, 0.25) is 0 Å². The molecule has 3 heteroatoms. The van der Waals surface area contributed by atoms with Crippen LogP contribution in [0.4, 0.5) is 0 Å². The molecular weight excluding hydrogens is 262 g/mol. The van der Waals surface area contributed by atoms with E-state index in [4.69, 9.17) is 4.74 Å². The molecule has 0 saturated heterocycles. The maximum Gasteiger partial charge on any atom is 0.164 e. The van der Waals surface area contributed by atoms with Gasteiger partial charge in [-0.15, -0.1) is 0 Å². The van der Waals surface area contributed by atoms with Crippen molar-refractivity contribution in [1.82, 2.24) is 5.32 Å². The van der Waals surface area contributed by atoms with Gasteiger partial charge in [-0.2, -0.15) is 0 Å². The van der Waals surface area contributed by atoms with Gasteiger partial charge >= 0.3 is 0 Å². The van der Waals surface area contributed by atoms with Crippen molar-refractivity contribution in [3.05, 3.63) is 29.8 Å². The molecule has 0 aromatic heterocycles. The highest BCUT2D eigenvalue weighted by Gasteiger charge is 2.32. The Morgan fingerprint density at radius 3 is 2.33 bits per heavy atom. The van der Waals surface area contributed by atoms with Crippen LogP contribution >= 0.6 is 0 Å². The van der Waals surface area contributed by atoms with E-state index in [0.29, 0.717) is 6.42 Å². The summed E-state index contributed by atoms with van der Waals surface area (Å²) in [6.07, 6.45) is 6.67. The molecule has 116 valence electrons. The molecule has 2 rings (SSSR count). The summed E-state index contributed by atoms with van der Waals surface area (Å²) in [6.45, 7) is 4.00. The lowest BCUT2D eigenvalue weighted by atomic mass is 9.77. The molecule has 21 heavy (non-hydrogen) atoms. The molecule has 0 atom stereocenters. The molecule has 0 heterocycles. The third-order valence-corrected chi connectivity index (χ3v) is 4.39. The summed E-state index contributed by atoms with van der Waals surface area (Å²) in [5.74, 6) is 1.05. The molecule has 1 N–H and O–H groups in total. The fourth-order valence-corrected chi connectivity index (χ4v) is 3.14. The Labute approximate surface area is 128 Å². The van der Waals surface area contributed by atoms with Crippen molar-refractivity contribution < 1.29 is 9.53 Å². The highest BCUT2D eigenvalue weighted by Crippen LogP contribution is 2.32. The number of rotatable bonds is 6. The molecule has 1 saturated carbocycles. The number of hydrogen-bond donors (Lipinski definition) is 1. The first-order chi connectivity index (χ1) is 10.0. The van der Waals surface area contributed by atoms with Crippen LogP contribution in [-0.4, -0.2) is 24.5 Å². The summed E-state index contributed by atoms with van der Waals surface area (Å²) >= 11 is 0. The first-order valence-electron chi connectivity index (χ1n) is 8.03. The summed E-state index contributed by atoms with van der Waals surface area (Å²) in [7, 11) is 1.98. The monoisotopic (exact) mass is 289 g/mol. The van der Waals surface area contributed by atoms with Crippen LogP contribution in [0.25, 0.3) is 0 Å². The summed E-state index contributed by atoms with van der Waals surface area (Å²) in [5.41, 5.74) is 0.786. The van der Waals surface area contributed by atoms with Crippen LogP contribution in [0.2, 0.25) is 0 Å². The Morgan fingerprint density at radius 2 is 1.81 bits per heavy atom. The van der Waals surface area contributed by atoms with Crippen molar-refractivity contribution in [3.8, 4) is 5.75 Å². The number of carbonyl (C=O) groups is 1. The Morgan fingerprint density at radius 1 is 1.19 bits per heavy atom. The molecule has 0 amide bonds. The van der Waals surface area contributed by atoms with Crippen LogP contribution in [0.1, 0.15) is 62.7 Å². The highest BCUT2D eigenvalue weighted by molar-refractivity contribution is 5.96. The summed E-state index contributed by atoms with van der Waals surface area (Å²) in [5, 5.41) is 3.41. The van der Waals surface area contributed by atoms with Gasteiger partial charge < -0.3 is 10.1 Å². The molecule has 0 spiro atoms. The standard InChI is InChI=1S/C18H27NO2/c1-14(2)21-16-9-7-15(8-10-16)17(20)13-18(19-3)11-5-4-6-12-18/h7-10,14,19H,4-6,11-13H2,1-3H3. The van der Waals surface area contributed by atoms with Crippen LogP contribution in [0.15, 0.2) is 24.3 Å². The average Bonchev–Trinajstić information content (AvgIpc) is 2.48. The van der Waals surface area contributed by atoms with Crippen LogP contribution in [-0.2, 0) is 0 Å². The minimum atomic E-state index is 0.00242. The van der Waals surface area contributed by atoms with Crippen molar-refractivity contribution in [2.45, 2.75) is 64.0 Å². The third-order valence-electron chi connectivity index (χ3n) is 4.39. The second kappa shape index (κ2) is 7.08. The van der Waals surface area contributed by atoms with Crippen molar-refractivity contribution in [2.24, 2.45) is 0 Å². The first kappa shape index (κ1) is 16.0. The highest BCUT2D eigenvalue weighted by atomic mass is 16.5. The number of benzene rings is 1. The second-order valence-electron chi connectivity index (χ2n) is 6.38. The topological polar surface area (TPSA) is 38.3 Å². The Balaban J connectivity index is 2.02. The van der Waals surface area contributed by atoms with Crippen molar-refractivity contribution in [2.75, 3.05) is 7.05 Å². The molecule has 1 aliphatic carbocycles. The van der Waals surface area contributed by atoms with E-state index in [2.05, 4.69) is 5.32 Å². The molecule has 1 aliphatic rings. The number of carbonyl (C=O) groups excluding carboxylic acids is 1. The molecule has 0 bridgehead atoms. The summed E-state index contributed by atoms with van der Waals surface area (Å²) in [4.78, 5) is 12.5. The largest absolute Gasteiger partial charge is 0.491 e. The molecule has 0 unspecified atom stereocenters. The minimum absolute atomic E-state index is 0.00242. The van der Waals surface area contributed by atoms with Gasteiger partial charge in [0.15, 0.2) is 5.78 Å². The molecule has 0 aliphatic heterocycles. The number of hydrogen-bond acceptors (Lipinski definition) is 3. The quantitative estimate of drug-likeness (QED) is 0.805. The van der Waals surface area contributed by atoms with E-state index in [1.54, 1.807) is 0 Å². The van der Waals surface area contributed by atoms with Crippen LogP contribution in [0, 0.1) is 0 Å². The SMILES string of the molecule is CNC1(CC(=O)c2ccc(OC(C)C)cc2)CCCCC1. The van der Waals surface area contributed by atoms with Gasteiger partial charge in [0.1, 0.15) is 5.75 Å². The van der Waals surface area contributed by atoms with Gasteiger partial charge in [-0.3, -0.25) is 4.79 Å². The molecule has 1 aromatic carbocycles. The normalized spacial score (nSPS) is 17.7. The fraction of sp³-hybridized carbons (Fsp3) is 0.611. The Hall–Kier alpha value is -1.35. The van der Waals surface area contributed by atoms with E-state index in [1.165, 1.54) is 19.3 Å². The number of ether oxygens (including phenoxy) is 1. The van der Waals surface area contributed by atoms with Gasteiger partial charge in [-0.1, -0.05) is 19.3 Å². The van der Waals surface area contributed by atoms with Crippen LogP contribution in [0.3, 0.4) is 0 Å². The van der Waals surface area contributed by atoms with Gasteiger partial charge in [-0.25, -0.2) is 0 Å². The van der Waals surface area contributed by atoms with Crippen molar-refractivity contribution >= 4 is 5.78 Å². The van der Waals surface area contributed by atoms with Gasteiger partial charge in [-0.05, 0) is 58.0 Å². The number of ketones is 1. The van der Waals surface area contributed by atoms with E-state index < -0.39 is 0 Å². The first-order valence-corrected chi connectivity index (χ1v) is 8.03. The fourth-order valence-electron chi connectivity index (χ4n) is 3.14. The van der Waals surface area contributed by atoms with Crippen LogP contribution < -0.4 is 10.1 Å². The Kier molecular flexibility index (Phi) is 5.40. The maximum absolute atomic E-state index is 12.5. The molecule has 1 fully saturated rings. The van der Waals surface area contributed by atoms with Crippen LogP contribution in [0.5, 0.6) is 5.75 Å². The summed E-state index contributed by atoms with van der Waals surface area (Å²) < 4.78 is 5.62. The molecule has 3 nitrogen and oxygen atoms in total. The molecular formula is C18H27NO2. The molecule has 1 aromatic rings.